The van der Waals surface area contributed by atoms with Crippen molar-refractivity contribution >= 4 is 57.7 Å². The fourth-order valence-electron chi connectivity index (χ4n) is 1.68. The van der Waals surface area contributed by atoms with E-state index in [1.54, 1.807) is 18.2 Å². The normalized spacial score (nSPS) is 10.6. The number of anilines is 1. The molecule has 0 atom stereocenters. The Bertz CT molecular complexity index is 787. The van der Waals surface area contributed by atoms with Crippen LogP contribution in [0.15, 0.2) is 35.7 Å². The molecule has 0 fully saturated rings. The van der Waals surface area contributed by atoms with Crippen LogP contribution in [0.1, 0.15) is 9.67 Å². The Balaban J connectivity index is 1.86. The fourth-order valence-corrected chi connectivity index (χ4v) is 3.33. The van der Waals surface area contributed by atoms with Gasteiger partial charge in [-0.15, -0.1) is 16.4 Å². The molecule has 0 saturated heterocycles. The van der Waals surface area contributed by atoms with Gasteiger partial charge < -0.3 is 5.32 Å². The second-order valence-electron chi connectivity index (χ2n) is 4.01. The summed E-state index contributed by atoms with van der Waals surface area (Å²) >= 11 is 14.3. The molecule has 1 aromatic carbocycles. The minimum absolute atomic E-state index is 0.271. The van der Waals surface area contributed by atoms with Crippen LogP contribution in [0.3, 0.4) is 0 Å². The molecule has 0 aliphatic carbocycles. The maximum Gasteiger partial charge on any atom is 0.269 e. The van der Waals surface area contributed by atoms with Gasteiger partial charge in [-0.3, -0.25) is 4.79 Å². The zero-order chi connectivity index (χ0) is 14.8. The van der Waals surface area contributed by atoms with E-state index in [0.29, 0.717) is 26.3 Å². The summed E-state index contributed by atoms with van der Waals surface area (Å²) in [5, 5.41) is 9.54. The number of aromatic nitrogens is 2. The Morgan fingerprint density at radius 3 is 2.76 bits per heavy atom. The monoisotopic (exact) mass is 355 g/mol. The number of nitrogens with zero attached hydrogens (tertiary/aromatic N) is 2. The van der Waals surface area contributed by atoms with E-state index in [9.17, 15) is 4.79 Å². The number of carbonyl (C=O) groups is 1. The molecule has 0 bridgehead atoms. The third-order valence-corrected chi connectivity index (χ3v) is 4.97. The lowest BCUT2D eigenvalue weighted by atomic mass is 10.2. The molecule has 8 heteroatoms. The van der Waals surface area contributed by atoms with Gasteiger partial charge in [-0.2, -0.15) is 0 Å². The van der Waals surface area contributed by atoms with Gasteiger partial charge in [-0.05, 0) is 41.2 Å². The Hall–Kier alpha value is -1.47. The van der Waals surface area contributed by atoms with Crippen molar-refractivity contribution in [2.45, 2.75) is 0 Å². The first-order valence-electron chi connectivity index (χ1n) is 5.78. The van der Waals surface area contributed by atoms with E-state index in [-0.39, 0.29) is 5.91 Å². The number of carbonyl (C=O) groups excluding carboxylic acids is 1. The molecule has 3 aromatic rings. The van der Waals surface area contributed by atoms with Gasteiger partial charge in [0.05, 0.1) is 14.9 Å². The van der Waals surface area contributed by atoms with Gasteiger partial charge >= 0.3 is 0 Å². The predicted octanol–water partition coefficient (Wildman–Crippen LogP) is 4.83. The topological polar surface area (TPSA) is 54.9 Å². The molecular weight excluding hydrogens is 349 g/mol. The fraction of sp³-hybridized carbons (Fsp3) is 0. The molecule has 1 amide bonds. The number of benzene rings is 1. The standard InChI is InChI=1S/C13H7Cl2N3OS2/c14-8-4-3-7(6-9(8)15)16-13(19)12-11(17-18-21-12)10-2-1-5-20-10/h1-6H,(H,16,19). The zero-order valence-electron chi connectivity index (χ0n) is 10.3. The van der Waals surface area contributed by atoms with Crippen LogP contribution in [0.2, 0.25) is 10.0 Å². The van der Waals surface area contributed by atoms with Crippen LogP contribution in [0.25, 0.3) is 10.6 Å². The molecule has 2 aromatic heterocycles. The number of halogens is 2. The summed E-state index contributed by atoms with van der Waals surface area (Å²) in [5.41, 5.74) is 1.16. The first-order chi connectivity index (χ1) is 10.1. The van der Waals surface area contributed by atoms with Gasteiger partial charge in [-0.25, -0.2) is 0 Å². The van der Waals surface area contributed by atoms with Crippen molar-refractivity contribution in [3.05, 3.63) is 50.6 Å². The van der Waals surface area contributed by atoms with E-state index >= 15 is 0 Å². The predicted molar refractivity (Wildman–Crippen MR) is 87.6 cm³/mol. The van der Waals surface area contributed by atoms with E-state index in [2.05, 4.69) is 14.9 Å². The Morgan fingerprint density at radius 2 is 2.05 bits per heavy atom. The van der Waals surface area contributed by atoms with Crippen LogP contribution < -0.4 is 5.32 Å². The highest BCUT2D eigenvalue weighted by Gasteiger charge is 2.18. The summed E-state index contributed by atoms with van der Waals surface area (Å²) in [7, 11) is 0. The second-order valence-corrected chi connectivity index (χ2v) is 6.53. The molecule has 0 spiro atoms. The van der Waals surface area contributed by atoms with Crippen LogP contribution in [0.4, 0.5) is 5.69 Å². The molecular formula is C13H7Cl2N3OS2. The van der Waals surface area contributed by atoms with Crippen LogP contribution in [0.5, 0.6) is 0 Å². The Labute approximate surface area is 138 Å². The number of hydrogen-bond donors (Lipinski definition) is 1. The highest BCUT2D eigenvalue weighted by atomic mass is 35.5. The molecule has 3 rings (SSSR count). The molecule has 21 heavy (non-hydrogen) atoms. The van der Waals surface area contributed by atoms with Gasteiger partial charge in [0.1, 0.15) is 10.6 Å². The molecule has 106 valence electrons. The highest BCUT2D eigenvalue weighted by Crippen LogP contribution is 2.29. The molecule has 0 radical (unpaired) electrons. The zero-order valence-corrected chi connectivity index (χ0v) is 13.5. The van der Waals surface area contributed by atoms with E-state index in [1.807, 2.05) is 17.5 Å². The number of hydrogen-bond acceptors (Lipinski definition) is 5. The maximum atomic E-state index is 12.3. The van der Waals surface area contributed by atoms with Crippen molar-refractivity contribution in [2.24, 2.45) is 0 Å². The SMILES string of the molecule is O=C(Nc1ccc(Cl)c(Cl)c1)c1snnc1-c1cccs1. The summed E-state index contributed by atoms with van der Waals surface area (Å²) in [5.74, 6) is -0.271. The summed E-state index contributed by atoms with van der Waals surface area (Å²) in [6, 6.07) is 8.72. The number of rotatable bonds is 3. The molecule has 0 unspecified atom stereocenters. The lowest BCUT2D eigenvalue weighted by Crippen LogP contribution is -2.11. The highest BCUT2D eigenvalue weighted by molar-refractivity contribution is 7.14. The van der Waals surface area contributed by atoms with Gasteiger partial charge in [0.25, 0.3) is 5.91 Å². The summed E-state index contributed by atoms with van der Waals surface area (Å²) in [6.45, 7) is 0. The van der Waals surface area contributed by atoms with E-state index in [0.717, 1.165) is 16.4 Å². The summed E-state index contributed by atoms with van der Waals surface area (Å²) in [4.78, 5) is 13.7. The maximum absolute atomic E-state index is 12.3. The number of nitrogens with one attached hydrogen (secondary N) is 1. The largest absolute Gasteiger partial charge is 0.321 e. The lowest BCUT2D eigenvalue weighted by Gasteiger charge is -2.05. The van der Waals surface area contributed by atoms with Gasteiger partial charge in [0.2, 0.25) is 0 Å². The van der Waals surface area contributed by atoms with Crippen molar-refractivity contribution in [3.63, 3.8) is 0 Å². The van der Waals surface area contributed by atoms with Crippen molar-refractivity contribution in [3.8, 4) is 10.6 Å². The van der Waals surface area contributed by atoms with Crippen LogP contribution >= 0.6 is 46.1 Å². The molecule has 0 aliphatic rings. The quantitative estimate of drug-likeness (QED) is 0.732. The first kappa shape index (κ1) is 14.5. The minimum Gasteiger partial charge on any atom is -0.321 e. The molecule has 0 aliphatic heterocycles. The van der Waals surface area contributed by atoms with Crippen molar-refractivity contribution in [1.82, 2.24) is 9.59 Å². The lowest BCUT2D eigenvalue weighted by molar-refractivity contribution is 0.103. The molecule has 0 saturated carbocycles. The minimum atomic E-state index is -0.271. The van der Waals surface area contributed by atoms with Crippen LogP contribution in [-0.4, -0.2) is 15.5 Å². The van der Waals surface area contributed by atoms with E-state index < -0.39 is 0 Å². The van der Waals surface area contributed by atoms with Crippen molar-refractivity contribution in [1.29, 1.82) is 0 Å². The van der Waals surface area contributed by atoms with Crippen molar-refractivity contribution in [2.75, 3.05) is 5.32 Å². The van der Waals surface area contributed by atoms with E-state index in [1.165, 1.54) is 11.3 Å². The Morgan fingerprint density at radius 1 is 1.19 bits per heavy atom. The van der Waals surface area contributed by atoms with Crippen molar-refractivity contribution < 1.29 is 4.79 Å². The third-order valence-electron chi connectivity index (χ3n) is 2.63. The average Bonchev–Trinajstić information content (AvgIpc) is 3.12. The summed E-state index contributed by atoms with van der Waals surface area (Å²) < 4.78 is 3.86. The molecule has 2 heterocycles. The third kappa shape index (κ3) is 3.08. The Kier molecular flexibility index (Phi) is 4.21. The second kappa shape index (κ2) is 6.11. The smallest absolute Gasteiger partial charge is 0.269 e. The van der Waals surface area contributed by atoms with Crippen LogP contribution in [-0.2, 0) is 0 Å². The average molecular weight is 356 g/mol. The molecule has 4 nitrogen and oxygen atoms in total. The first-order valence-corrected chi connectivity index (χ1v) is 8.18. The van der Waals surface area contributed by atoms with Gasteiger partial charge in [0, 0.05) is 5.69 Å². The van der Waals surface area contributed by atoms with Gasteiger partial charge in [0.15, 0.2) is 0 Å². The van der Waals surface area contributed by atoms with Crippen LogP contribution in [0, 0.1) is 0 Å². The molecule has 1 N–H and O–H groups in total. The summed E-state index contributed by atoms with van der Waals surface area (Å²) in [6.07, 6.45) is 0. The van der Waals surface area contributed by atoms with Gasteiger partial charge in [-0.1, -0.05) is 33.8 Å². The number of amides is 1. The van der Waals surface area contributed by atoms with E-state index in [4.69, 9.17) is 23.2 Å². The number of thiophene rings is 1.